The van der Waals surface area contributed by atoms with Crippen LogP contribution in [-0.2, 0) is 9.47 Å². The van der Waals surface area contributed by atoms with Crippen molar-refractivity contribution in [3.63, 3.8) is 0 Å². The minimum absolute atomic E-state index is 0.293. The number of nitrogens with one attached hydrogen (secondary N) is 1. The van der Waals surface area contributed by atoms with Crippen LogP contribution in [0.5, 0.6) is 0 Å². The second-order valence-corrected chi connectivity index (χ2v) is 6.03. The molecule has 4 nitrogen and oxygen atoms in total. The molecule has 2 unspecified atom stereocenters. The second kappa shape index (κ2) is 7.43. The van der Waals surface area contributed by atoms with Gasteiger partial charge in [0.05, 0.1) is 25.9 Å². The predicted octanol–water partition coefficient (Wildman–Crippen LogP) is 0.969. The molecule has 2 aliphatic rings. The summed E-state index contributed by atoms with van der Waals surface area (Å²) in [6, 6.07) is 0. The molecule has 2 fully saturated rings. The smallest absolute Gasteiger partial charge is 0.0936 e. The van der Waals surface area contributed by atoms with Crippen molar-refractivity contribution in [1.29, 1.82) is 0 Å². The SMILES string of the molecule is CC(C)CNCC1CCN(CC2COCCO2)C1. The van der Waals surface area contributed by atoms with Crippen LogP contribution in [0.3, 0.4) is 0 Å². The summed E-state index contributed by atoms with van der Waals surface area (Å²) < 4.78 is 11.2. The fourth-order valence-corrected chi connectivity index (χ4v) is 2.75. The zero-order valence-corrected chi connectivity index (χ0v) is 11.9. The van der Waals surface area contributed by atoms with Gasteiger partial charge in [0.15, 0.2) is 0 Å². The zero-order valence-electron chi connectivity index (χ0n) is 11.9. The van der Waals surface area contributed by atoms with Gasteiger partial charge >= 0.3 is 0 Å². The Bertz CT molecular complexity index is 230. The topological polar surface area (TPSA) is 33.7 Å². The van der Waals surface area contributed by atoms with Crippen LogP contribution in [0.1, 0.15) is 20.3 Å². The molecule has 0 radical (unpaired) electrons. The van der Waals surface area contributed by atoms with Crippen LogP contribution in [0.15, 0.2) is 0 Å². The van der Waals surface area contributed by atoms with E-state index >= 15 is 0 Å². The van der Waals surface area contributed by atoms with Gasteiger partial charge in [-0.2, -0.15) is 0 Å². The third-order valence-electron chi connectivity index (χ3n) is 3.70. The highest BCUT2D eigenvalue weighted by atomic mass is 16.6. The molecule has 0 aromatic heterocycles. The van der Waals surface area contributed by atoms with Crippen LogP contribution < -0.4 is 5.32 Å². The molecule has 0 bridgehead atoms. The van der Waals surface area contributed by atoms with Crippen molar-refractivity contribution in [3.05, 3.63) is 0 Å². The molecular formula is C14H28N2O2. The van der Waals surface area contributed by atoms with E-state index in [9.17, 15) is 0 Å². The van der Waals surface area contributed by atoms with Gasteiger partial charge in [0.25, 0.3) is 0 Å². The first kappa shape index (κ1) is 14.3. The Labute approximate surface area is 111 Å². The standard InChI is InChI=1S/C14H28N2O2/c1-12(2)7-15-8-13-3-4-16(9-13)10-14-11-17-5-6-18-14/h12-15H,3-11H2,1-2H3. The molecule has 2 heterocycles. The average Bonchev–Trinajstić information content (AvgIpc) is 2.78. The molecule has 1 N–H and O–H groups in total. The van der Waals surface area contributed by atoms with E-state index in [0.29, 0.717) is 6.10 Å². The molecular weight excluding hydrogens is 228 g/mol. The van der Waals surface area contributed by atoms with Gasteiger partial charge in [0, 0.05) is 13.1 Å². The minimum Gasteiger partial charge on any atom is -0.376 e. The number of ether oxygens (including phenoxy) is 2. The van der Waals surface area contributed by atoms with E-state index in [0.717, 1.165) is 51.3 Å². The van der Waals surface area contributed by atoms with Crippen LogP contribution in [0.25, 0.3) is 0 Å². The summed E-state index contributed by atoms with van der Waals surface area (Å²) in [7, 11) is 0. The maximum atomic E-state index is 5.71. The molecule has 0 spiro atoms. The summed E-state index contributed by atoms with van der Waals surface area (Å²) in [5, 5.41) is 3.57. The summed E-state index contributed by atoms with van der Waals surface area (Å²) in [6.07, 6.45) is 1.61. The number of rotatable bonds is 6. The number of nitrogens with zero attached hydrogens (tertiary/aromatic N) is 1. The molecule has 106 valence electrons. The molecule has 0 aromatic rings. The largest absolute Gasteiger partial charge is 0.376 e. The first-order valence-electron chi connectivity index (χ1n) is 7.36. The lowest BCUT2D eigenvalue weighted by Gasteiger charge is -2.27. The predicted molar refractivity (Wildman–Crippen MR) is 72.8 cm³/mol. The van der Waals surface area contributed by atoms with Crippen LogP contribution >= 0.6 is 0 Å². The van der Waals surface area contributed by atoms with Gasteiger partial charge in [0.2, 0.25) is 0 Å². The van der Waals surface area contributed by atoms with Gasteiger partial charge < -0.3 is 19.7 Å². The van der Waals surface area contributed by atoms with E-state index in [2.05, 4.69) is 24.1 Å². The maximum Gasteiger partial charge on any atom is 0.0936 e. The molecule has 4 heteroatoms. The van der Waals surface area contributed by atoms with E-state index in [1.807, 2.05) is 0 Å². The summed E-state index contributed by atoms with van der Waals surface area (Å²) in [6.45, 7) is 12.6. The van der Waals surface area contributed by atoms with Gasteiger partial charge in [-0.15, -0.1) is 0 Å². The normalized spacial score (nSPS) is 30.2. The van der Waals surface area contributed by atoms with Gasteiger partial charge in [-0.25, -0.2) is 0 Å². The molecule has 2 rings (SSSR count). The maximum absolute atomic E-state index is 5.71. The average molecular weight is 256 g/mol. The number of hydrogen-bond acceptors (Lipinski definition) is 4. The molecule has 2 saturated heterocycles. The molecule has 18 heavy (non-hydrogen) atoms. The molecule has 0 aliphatic carbocycles. The van der Waals surface area contributed by atoms with Crippen molar-refractivity contribution in [2.45, 2.75) is 26.4 Å². The Balaban J connectivity index is 1.59. The third kappa shape index (κ3) is 4.84. The van der Waals surface area contributed by atoms with Gasteiger partial charge in [-0.05, 0) is 37.9 Å². The molecule has 0 amide bonds. The lowest BCUT2D eigenvalue weighted by molar-refractivity contribution is -0.0961. The van der Waals surface area contributed by atoms with E-state index in [4.69, 9.17) is 9.47 Å². The third-order valence-corrected chi connectivity index (χ3v) is 3.70. The number of hydrogen-bond donors (Lipinski definition) is 1. The van der Waals surface area contributed by atoms with Gasteiger partial charge in [0.1, 0.15) is 0 Å². The summed E-state index contributed by atoms with van der Waals surface area (Å²) in [5.74, 6) is 1.56. The van der Waals surface area contributed by atoms with Crippen molar-refractivity contribution < 1.29 is 9.47 Å². The van der Waals surface area contributed by atoms with Gasteiger partial charge in [-0.1, -0.05) is 13.8 Å². The van der Waals surface area contributed by atoms with Crippen molar-refractivity contribution in [2.75, 3.05) is 52.5 Å². The van der Waals surface area contributed by atoms with Crippen molar-refractivity contribution >= 4 is 0 Å². The Kier molecular flexibility index (Phi) is 5.89. The molecule has 2 atom stereocenters. The Morgan fingerprint density at radius 3 is 2.94 bits per heavy atom. The summed E-state index contributed by atoms with van der Waals surface area (Å²) in [5.41, 5.74) is 0. The first-order valence-corrected chi connectivity index (χ1v) is 7.36. The van der Waals surface area contributed by atoms with Crippen molar-refractivity contribution in [3.8, 4) is 0 Å². The lowest BCUT2D eigenvalue weighted by atomic mass is 10.1. The fourth-order valence-electron chi connectivity index (χ4n) is 2.75. The quantitative estimate of drug-likeness (QED) is 0.768. The number of likely N-dealkylation sites (tertiary alicyclic amines) is 1. The van der Waals surface area contributed by atoms with Crippen LogP contribution in [-0.4, -0.2) is 63.5 Å². The van der Waals surface area contributed by atoms with Crippen LogP contribution in [0.2, 0.25) is 0 Å². The molecule has 0 aromatic carbocycles. The van der Waals surface area contributed by atoms with Crippen LogP contribution in [0, 0.1) is 11.8 Å². The highest BCUT2D eigenvalue weighted by Gasteiger charge is 2.25. The second-order valence-electron chi connectivity index (χ2n) is 6.03. The van der Waals surface area contributed by atoms with Crippen molar-refractivity contribution in [1.82, 2.24) is 10.2 Å². The Morgan fingerprint density at radius 2 is 2.22 bits per heavy atom. The van der Waals surface area contributed by atoms with E-state index in [1.165, 1.54) is 19.5 Å². The molecule has 0 saturated carbocycles. The van der Waals surface area contributed by atoms with E-state index in [-0.39, 0.29) is 0 Å². The van der Waals surface area contributed by atoms with E-state index < -0.39 is 0 Å². The van der Waals surface area contributed by atoms with E-state index in [1.54, 1.807) is 0 Å². The van der Waals surface area contributed by atoms with Gasteiger partial charge in [-0.3, -0.25) is 0 Å². The highest BCUT2D eigenvalue weighted by Crippen LogP contribution is 2.16. The Hall–Kier alpha value is -0.160. The zero-order chi connectivity index (χ0) is 12.8. The lowest BCUT2D eigenvalue weighted by Crippen LogP contribution is -2.39. The molecule has 2 aliphatic heterocycles. The summed E-state index contributed by atoms with van der Waals surface area (Å²) >= 11 is 0. The summed E-state index contributed by atoms with van der Waals surface area (Å²) in [4.78, 5) is 2.53. The van der Waals surface area contributed by atoms with Crippen molar-refractivity contribution in [2.24, 2.45) is 11.8 Å². The monoisotopic (exact) mass is 256 g/mol. The fraction of sp³-hybridized carbons (Fsp3) is 1.00. The Morgan fingerprint density at radius 1 is 1.33 bits per heavy atom. The highest BCUT2D eigenvalue weighted by molar-refractivity contribution is 4.79. The minimum atomic E-state index is 0.293. The first-order chi connectivity index (χ1) is 8.74. The van der Waals surface area contributed by atoms with Crippen LogP contribution in [0.4, 0.5) is 0 Å².